The number of hydrogen-bond donors (Lipinski definition) is 0. The molecule has 30 heavy (non-hydrogen) atoms. The first-order valence-electron chi connectivity index (χ1n) is 10.8. The van der Waals surface area contributed by atoms with Gasteiger partial charge in [0.1, 0.15) is 5.57 Å². The highest BCUT2D eigenvalue weighted by Gasteiger charge is 2.47. The Bertz CT molecular complexity index is 844. The minimum Gasteiger partial charge on any atom is -0.268 e. The quantitative estimate of drug-likeness (QED) is 0.431. The van der Waals surface area contributed by atoms with E-state index >= 15 is 0 Å². The van der Waals surface area contributed by atoms with Gasteiger partial charge in [0.15, 0.2) is 0 Å². The average molecular weight is 449 g/mol. The summed E-state index contributed by atoms with van der Waals surface area (Å²) in [6.45, 7) is 0. The van der Waals surface area contributed by atoms with Gasteiger partial charge < -0.3 is 0 Å². The van der Waals surface area contributed by atoms with Crippen molar-refractivity contribution in [1.29, 1.82) is 0 Å². The van der Waals surface area contributed by atoms with Crippen molar-refractivity contribution in [2.45, 2.75) is 76.3 Å². The highest BCUT2D eigenvalue weighted by molar-refractivity contribution is 6.36. The highest BCUT2D eigenvalue weighted by atomic mass is 35.5. The molecule has 0 bridgehead atoms. The van der Waals surface area contributed by atoms with Gasteiger partial charge >= 0.3 is 6.03 Å². The number of amides is 4. The molecule has 2 saturated carbocycles. The van der Waals surface area contributed by atoms with Crippen molar-refractivity contribution >= 4 is 47.1 Å². The molecule has 5 nitrogen and oxygen atoms in total. The predicted octanol–water partition coefficient (Wildman–Crippen LogP) is 5.83. The van der Waals surface area contributed by atoms with E-state index in [1.165, 1.54) is 15.9 Å². The summed E-state index contributed by atoms with van der Waals surface area (Å²) in [6, 6.07) is 4.19. The Kier molecular flexibility index (Phi) is 6.49. The summed E-state index contributed by atoms with van der Waals surface area (Å²) in [7, 11) is 0. The highest BCUT2D eigenvalue weighted by Crippen LogP contribution is 2.34. The first-order chi connectivity index (χ1) is 14.5. The van der Waals surface area contributed by atoms with Crippen molar-refractivity contribution in [3.63, 3.8) is 0 Å². The van der Waals surface area contributed by atoms with E-state index in [0.29, 0.717) is 15.6 Å². The molecular formula is C23H26Cl2N2O3. The second-order valence-electron chi connectivity index (χ2n) is 8.44. The summed E-state index contributed by atoms with van der Waals surface area (Å²) in [6.07, 6.45) is 10.9. The topological polar surface area (TPSA) is 57.7 Å². The van der Waals surface area contributed by atoms with Crippen LogP contribution in [0.15, 0.2) is 23.8 Å². The van der Waals surface area contributed by atoms with Gasteiger partial charge in [-0.2, -0.15) is 0 Å². The number of halogens is 2. The summed E-state index contributed by atoms with van der Waals surface area (Å²) in [5.41, 5.74) is 0.550. The summed E-state index contributed by atoms with van der Waals surface area (Å²) in [5.74, 6) is -1.01. The van der Waals surface area contributed by atoms with Crippen LogP contribution in [0.1, 0.15) is 69.8 Å². The first-order valence-corrected chi connectivity index (χ1v) is 11.6. The summed E-state index contributed by atoms with van der Waals surface area (Å²) < 4.78 is 0. The molecule has 1 aromatic rings. The van der Waals surface area contributed by atoms with Gasteiger partial charge in [-0.05, 0) is 49.5 Å². The minimum absolute atomic E-state index is 0.00923. The largest absolute Gasteiger partial charge is 0.334 e. The van der Waals surface area contributed by atoms with Gasteiger partial charge in [0.25, 0.3) is 11.8 Å². The van der Waals surface area contributed by atoms with Crippen LogP contribution in [-0.2, 0) is 9.59 Å². The zero-order valence-electron chi connectivity index (χ0n) is 16.9. The number of rotatable bonds is 3. The molecule has 3 fully saturated rings. The lowest BCUT2D eigenvalue weighted by molar-refractivity contribution is -0.139. The molecule has 1 heterocycles. The van der Waals surface area contributed by atoms with E-state index in [1.807, 2.05) is 0 Å². The summed E-state index contributed by atoms with van der Waals surface area (Å²) >= 11 is 12.3. The normalized spacial score (nSPS) is 22.1. The smallest absolute Gasteiger partial charge is 0.268 e. The van der Waals surface area contributed by atoms with Crippen LogP contribution < -0.4 is 0 Å². The first kappa shape index (κ1) is 21.4. The molecule has 3 aliphatic rings. The molecule has 0 radical (unpaired) electrons. The van der Waals surface area contributed by atoms with Crippen molar-refractivity contribution in [3.05, 3.63) is 39.4 Å². The fourth-order valence-electron chi connectivity index (χ4n) is 4.86. The molecule has 160 valence electrons. The van der Waals surface area contributed by atoms with Crippen LogP contribution in [-0.4, -0.2) is 39.7 Å². The van der Waals surface area contributed by atoms with Crippen molar-refractivity contribution < 1.29 is 14.4 Å². The van der Waals surface area contributed by atoms with Gasteiger partial charge in [-0.25, -0.2) is 4.79 Å². The third kappa shape index (κ3) is 4.15. The van der Waals surface area contributed by atoms with Crippen molar-refractivity contribution in [3.8, 4) is 0 Å². The molecule has 1 saturated heterocycles. The lowest BCUT2D eigenvalue weighted by Crippen LogP contribution is -2.62. The molecule has 0 N–H and O–H groups in total. The van der Waals surface area contributed by atoms with E-state index in [1.54, 1.807) is 18.2 Å². The van der Waals surface area contributed by atoms with E-state index in [9.17, 15) is 14.4 Å². The molecule has 0 spiro atoms. The molecule has 1 aliphatic heterocycles. The predicted molar refractivity (Wildman–Crippen MR) is 117 cm³/mol. The molecule has 0 atom stereocenters. The van der Waals surface area contributed by atoms with Crippen molar-refractivity contribution in [1.82, 2.24) is 9.80 Å². The van der Waals surface area contributed by atoms with Crippen LogP contribution in [0.2, 0.25) is 10.0 Å². The number of barbiturate groups is 1. The van der Waals surface area contributed by atoms with E-state index in [4.69, 9.17) is 23.2 Å². The van der Waals surface area contributed by atoms with Crippen LogP contribution in [0.5, 0.6) is 0 Å². The second-order valence-corrected chi connectivity index (χ2v) is 9.28. The van der Waals surface area contributed by atoms with E-state index in [0.717, 1.165) is 64.2 Å². The fraction of sp³-hybridized carbons (Fsp3) is 0.522. The maximum Gasteiger partial charge on any atom is 0.334 e. The van der Waals surface area contributed by atoms with Crippen molar-refractivity contribution in [2.75, 3.05) is 0 Å². The van der Waals surface area contributed by atoms with Crippen LogP contribution in [0.3, 0.4) is 0 Å². The van der Waals surface area contributed by atoms with Crippen LogP contribution >= 0.6 is 23.2 Å². The maximum atomic E-state index is 13.4. The SMILES string of the molecule is O=C1C(=Cc2ccc(Cl)cc2Cl)C(=O)N(C2CCCCC2)C(=O)N1C1CCCCC1. The molecule has 7 heteroatoms. The fourth-order valence-corrected chi connectivity index (χ4v) is 5.32. The van der Waals surface area contributed by atoms with Crippen molar-refractivity contribution in [2.24, 2.45) is 0 Å². The minimum atomic E-state index is -0.505. The van der Waals surface area contributed by atoms with Gasteiger partial charge in [-0.3, -0.25) is 19.4 Å². The lowest BCUT2D eigenvalue weighted by atomic mass is 9.90. The molecular weight excluding hydrogens is 423 g/mol. The van der Waals surface area contributed by atoms with Gasteiger partial charge in [0.05, 0.1) is 0 Å². The second kappa shape index (κ2) is 9.11. The number of urea groups is 1. The standard InChI is InChI=1S/C23H26Cl2N2O3/c24-16-12-11-15(20(25)14-16)13-19-21(28)26(17-7-3-1-4-8-17)23(30)27(22(19)29)18-9-5-2-6-10-18/h11-14,17-18H,1-10H2. The number of carbonyl (C=O) groups is 3. The maximum absolute atomic E-state index is 13.4. The molecule has 0 aromatic heterocycles. The molecule has 1 aromatic carbocycles. The Morgan fingerprint density at radius 3 is 1.73 bits per heavy atom. The van der Waals surface area contributed by atoms with Gasteiger partial charge in [-0.15, -0.1) is 0 Å². The Hall–Kier alpha value is -1.85. The Balaban J connectivity index is 1.75. The van der Waals surface area contributed by atoms with E-state index in [-0.39, 0.29) is 17.7 Å². The molecule has 2 aliphatic carbocycles. The average Bonchev–Trinajstić information content (AvgIpc) is 2.74. The van der Waals surface area contributed by atoms with E-state index in [2.05, 4.69) is 0 Å². The Labute approximate surface area is 187 Å². The van der Waals surface area contributed by atoms with Gasteiger partial charge in [0.2, 0.25) is 0 Å². The molecule has 4 amide bonds. The number of hydrogen-bond acceptors (Lipinski definition) is 3. The summed E-state index contributed by atoms with van der Waals surface area (Å²) in [4.78, 5) is 42.9. The zero-order valence-corrected chi connectivity index (χ0v) is 18.4. The van der Waals surface area contributed by atoms with E-state index < -0.39 is 17.8 Å². The van der Waals surface area contributed by atoms with Crippen LogP contribution in [0.4, 0.5) is 4.79 Å². The third-order valence-electron chi connectivity index (χ3n) is 6.45. The number of benzene rings is 1. The molecule has 0 unspecified atom stereocenters. The number of carbonyl (C=O) groups excluding carboxylic acids is 3. The van der Waals surface area contributed by atoms with Gasteiger partial charge in [-0.1, -0.05) is 67.8 Å². The Morgan fingerprint density at radius 2 is 1.27 bits per heavy atom. The van der Waals surface area contributed by atoms with Gasteiger partial charge in [0, 0.05) is 22.1 Å². The lowest BCUT2D eigenvalue weighted by Gasteiger charge is -2.43. The zero-order chi connectivity index (χ0) is 21.3. The van der Waals surface area contributed by atoms with Crippen LogP contribution in [0.25, 0.3) is 6.08 Å². The molecule has 4 rings (SSSR count). The van der Waals surface area contributed by atoms with Crippen LogP contribution in [0, 0.1) is 0 Å². The summed E-state index contributed by atoms with van der Waals surface area (Å²) in [5, 5.41) is 0.840. The monoisotopic (exact) mass is 448 g/mol. The number of nitrogens with zero attached hydrogens (tertiary/aromatic N) is 2. The third-order valence-corrected chi connectivity index (χ3v) is 7.02. The Morgan fingerprint density at radius 1 is 0.767 bits per heavy atom. The number of imide groups is 2.